The number of imide groups is 1. The lowest BCUT2D eigenvalue weighted by Crippen LogP contribution is -2.47. The summed E-state index contributed by atoms with van der Waals surface area (Å²) in [6.07, 6.45) is -3.54. The summed E-state index contributed by atoms with van der Waals surface area (Å²) in [5, 5.41) is 2.55. The number of carbonyl (C=O) groups excluding carboxylic acids is 7. The topological polar surface area (TPSA) is 202 Å². The fourth-order valence-electron chi connectivity index (χ4n) is 4.13. The molecule has 0 aromatic heterocycles. The zero-order valence-electron chi connectivity index (χ0n) is 32.5. The van der Waals surface area contributed by atoms with Gasteiger partial charge >= 0.3 is 30.2 Å². The minimum atomic E-state index is -1.33. The highest BCUT2D eigenvalue weighted by molar-refractivity contribution is 6.18. The van der Waals surface area contributed by atoms with Crippen LogP contribution in [0.25, 0.3) is 0 Å². The number of carbonyl (C=O) groups is 7. The molecule has 4 amide bonds. The van der Waals surface area contributed by atoms with Gasteiger partial charge in [-0.2, -0.15) is 9.89 Å². The number of nitrogens with one attached hydrogen (secondary N) is 1. The number of amidine groups is 1. The molecule has 0 saturated heterocycles. The number of Topliss-reactive ketones (excluding diaryl/α,β-unsaturated/α-hetero) is 1. The molecule has 0 radical (unpaired) electrons. The Bertz CT molecular complexity index is 1680. The molecular weight excluding hydrogens is 706 g/mol. The third kappa shape index (κ3) is 15.4. The Morgan fingerprint density at radius 3 is 1.63 bits per heavy atom. The van der Waals surface area contributed by atoms with Crippen molar-refractivity contribution < 1.29 is 62.0 Å². The Morgan fingerprint density at radius 2 is 1.17 bits per heavy atom. The highest BCUT2D eigenvalue weighted by atomic mass is 16.6. The Labute approximate surface area is 314 Å². The maximum Gasteiger partial charge on any atom is 0.436 e. The third-order valence-corrected chi connectivity index (χ3v) is 6.24. The number of rotatable bonds is 11. The largest absolute Gasteiger partial charge is 0.482 e. The number of hydrogen-bond donors (Lipinski definition) is 1. The fraction of sp³-hybridized carbons (Fsp3) is 0.474. The van der Waals surface area contributed by atoms with Crippen LogP contribution in [0.2, 0.25) is 0 Å². The van der Waals surface area contributed by atoms with Gasteiger partial charge in [0, 0.05) is 23.6 Å². The van der Waals surface area contributed by atoms with Crippen LogP contribution in [0.4, 0.5) is 14.4 Å². The molecule has 0 aliphatic carbocycles. The van der Waals surface area contributed by atoms with E-state index in [4.69, 9.17) is 28.4 Å². The van der Waals surface area contributed by atoms with Crippen molar-refractivity contribution in [3.05, 3.63) is 65.2 Å². The first kappa shape index (κ1) is 44.4. The van der Waals surface area contributed by atoms with Gasteiger partial charge in [-0.15, -0.1) is 0 Å². The molecule has 16 nitrogen and oxygen atoms in total. The molecule has 1 atom stereocenters. The Morgan fingerprint density at radius 1 is 0.685 bits per heavy atom. The van der Waals surface area contributed by atoms with E-state index in [1.165, 1.54) is 48.5 Å². The molecule has 0 heterocycles. The smallest absolute Gasteiger partial charge is 0.436 e. The first-order valence-corrected chi connectivity index (χ1v) is 16.9. The molecule has 0 aliphatic rings. The molecule has 0 spiro atoms. The molecule has 294 valence electrons. The SMILES string of the molecule is CCOC(=O)COc1ccc(C(=O)[C@H](COC(C)=O)NC(=O)c2ccc(C(=NC(=O)OC(C)(C)C)N(C(=O)OC(C)(C)C)C(=O)OC(C)(C)C)cc2)cc1. The summed E-state index contributed by atoms with van der Waals surface area (Å²) in [7, 11) is 0. The highest BCUT2D eigenvalue weighted by Crippen LogP contribution is 2.20. The molecule has 0 fully saturated rings. The number of ketones is 1. The van der Waals surface area contributed by atoms with Gasteiger partial charge in [-0.3, -0.25) is 14.4 Å². The molecule has 0 saturated carbocycles. The zero-order valence-corrected chi connectivity index (χ0v) is 32.5. The molecule has 2 rings (SSSR count). The predicted octanol–water partition coefficient (Wildman–Crippen LogP) is 6.03. The van der Waals surface area contributed by atoms with E-state index in [0.717, 1.165) is 6.92 Å². The van der Waals surface area contributed by atoms with Gasteiger partial charge in [0.1, 0.15) is 35.2 Å². The average Bonchev–Trinajstić information content (AvgIpc) is 3.03. The molecule has 1 N–H and O–H groups in total. The van der Waals surface area contributed by atoms with Gasteiger partial charge in [0.2, 0.25) is 0 Å². The summed E-state index contributed by atoms with van der Waals surface area (Å²) in [6.45, 7) is 16.4. The lowest BCUT2D eigenvalue weighted by atomic mass is 10.0. The lowest BCUT2D eigenvalue weighted by molar-refractivity contribution is -0.145. The van der Waals surface area contributed by atoms with E-state index in [2.05, 4.69) is 10.3 Å². The van der Waals surface area contributed by atoms with Crippen molar-refractivity contribution in [1.29, 1.82) is 0 Å². The summed E-state index contributed by atoms with van der Waals surface area (Å²) < 4.78 is 31.5. The second kappa shape index (κ2) is 18.8. The standard InChI is InChI=1S/C38H49N3O13/c1-12-49-29(43)22-51-27-19-17-24(18-20-27)30(44)28(21-50-23(2)42)39-32(45)26-15-13-25(14-16-26)31(40-33(46)52-36(3,4)5)41(34(47)53-37(6,7)8)35(48)54-38(9,10)11/h13-20,28H,12,21-22H2,1-11H3,(H,39,45)/t28-/m0/s1. The van der Waals surface area contributed by atoms with Crippen LogP contribution in [0.5, 0.6) is 5.75 Å². The average molecular weight is 756 g/mol. The predicted molar refractivity (Wildman–Crippen MR) is 194 cm³/mol. The molecule has 54 heavy (non-hydrogen) atoms. The monoisotopic (exact) mass is 755 g/mol. The highest BCUT2D eigenvalue weighted by Gasteiger charge is 2.37. The number of ether oxygens (including phenoxy) is 6. The first-order valence-electron chi connectivity index (χ1n) is 16.9. The zero-order chi connectivity index (χ0) is 41.0. The first-order chi connectivity index (χ1) is 24.9. The van der Waals surface area contributed by atoms with E-state index in [9.17, 15) is 33.6 Å². The quantitative estimate of drug-likeness (QED) is 0.0917. The molecule has 2 aromatic carbocycles. The van der Waals surface area contributed by atoms with E-state index in [0.29, 0.717) is 4.90 Å². The van der Waals surface area contributed by atoms with Crippen LogP contribution in [0, 0.1) is 0 Å². The Hall–Kier alpha value is -5.80. The summed E-state index contributed by atoms with van der Waals surface area (Å²) in [4.78, 5) is 94.4. The maximum absolute atomic E-state index is 13.5. The molecule has 0 bridgehead atoms. The summed E-state index contributed by atoms with van der Waals surface area (Å²) in [5.41, 5.74) is -2.99. The van der Waals surface area contributed by atoms with Crippen molar-refractivity contribution >= 4 is 47.7 Å². The fourth-order valence-corrected chi connectivity index (χ4v) is 4.13. The van der Waals surface area contributed by atoms with E-state index in [-0.39, 0.29) is 35.7 Å². The summed E-state index contributed by atoms with van der Waals surface area (Å²) in [5.74, 6) is -2.85. The van der Waals surface area contributed by atoms with E-state index in [1.807, 2.05) is 0 Å². The maximum atomic E-state index is 13.5. The minimum absolute atomic E-state index is 0.000192. The van der Waals surface area contributed by atoms with Gasteiger partial charge in [-0.05, 0) is 106 Å². The Balaban J connectivity index is 2.49. The number of benzene rings is 2. The van der Waals surface area contributed by atoms with Crippen LogP contribution in [-0.4, -0.2) is 95.3 Å². The second-order valence-electron chi connectivity index (χ2n) is 14.6. The molecule has 0 aliphatic heterocycles. The summed E-state index contributed by atoms with van der Waals surface area (Å²) in [6, 6.07) is 9.59. The molecule has 2 aromatic rings. The summed E-state index contributed by atoms with van der Waals surface area (Å²) >= 11 is 0. The van der Waals surface area contributed by atoms with Gasteiger partial charge in [-0.1, -0.05) is 12.1 Å². The molecule has 16 heteroatoms. The van der Waals surface area contributed by atoms with Crippen LogP contribution in [0.3, 0.4) is 0 Å². The van der Waals surface area contributed by atoms with Crippen LogP contribution in [-0.2, 0) is 33.3 Å². The van der Waals surface area contributed by atoms with E-state index >= 15 is 0 Å². The van der Waals surface area contributed by atoms with E-state index < -0.39 is 77.2 Å². The van der Waals surface area contributed by atoms with Crippen molar-refractivity contribution in [2.45, 2.75) is 99.0 Å². The number of aliphatic imine (C=N–C) groups is 1. The van der Waals surface area contributed by atoms with Gasteiger partial charge in [0.15, 0.2) is 18.2 Å². The van der Waals surface area contributed by atoms with Crippen molar-refractivity contribution in [2.75, 3.05) is 19.8 Å². The van der Waals surface area contributed by atoms with Crippen LogP contribution in [0.1, 0.15) is 102 Å². The number of esters is 2. The minimum Gasteiger partial charge on any atom is -0.482 e. The van der Waals surface area contributed by atoms with Gasteiger partial charge < -0.3 is 33.7 Å². The normalized spacial score (nSPS) is 12.4. The second-order valence-corrected chi connectivity index (χ2v) is 14.6. The Kier molecular flexibility index (Phi) is 15.4. The molecule has 0 unspecified atom stereocenters. The van der Waals surface area contributed by atoms with Gasteiger partial charge in [-0.25, -0.2) is 19.2 Å². The third-order valence-electron chi connectivity index (χ3n) is 6.24. The van der Waals surface area contributed by atoms with Crippen molar-refractivity contribution in [3.8, 4) is 5.75 Å². The van der Waals surface area contributed by atoms with Gasteiger partial charge in [0.25, 0.3) is 5.91 Å². The number of nitrogens with zero attached hydrogens (tertiary/aromatic N) is 2. The number of amides is 4. The molecular formula is C38H49N3O13. The van der Waals surface area contributed by atoms with Gasteiger partial charge in [0.05, 0.1) is 6.61 Å². The van der Waals surface area contributed by atoms with Crippen molar-refractivity contribution in [2.24, 2.45) is 4.99 Å². The van der Waals surface area contributed by atoms with Crippen molar-refractivity contribution in [1.82, 2.24) is 10.2 Å². The van der Waals surface area contributed by atoms with Crippen molar-refractivity contribution in [3.63, 3.8) is 0 Å². The van der Waals surface area contributed by atoms with Crippen LogP contribution in [0.15, 0.2) is 53.5 Å². The number of hydrogen-bond acceptors (Lipinski definition) is 13. The lowest BCUT2D eigenvalue weighted by Gasteiger charge is -2.29. The van der Waals surface area contributed by atoms with Crippen LogP contribution < -0.4 is 10.1 Å². The van der Waals surface area contributed by atoms with Crippen LogP contribution >= 0.6 is 0 Å². The van der Waals surface area contributed by atoms with E-state index in [1.54, 1.807) is 69.2 Å².